The molecule has 0 bridgehead atoms. The molecule has 1 fully saturated rings. The maximum Gasteiger partial charge on any atom is 0.150 e. The van der Waals surface area contributed by atoms with Crippen LogP contribution >= 0.6 is 0 Å². The van der Waals surface area contributed by atoms with Gasteiger partial charge < -0.3 is 0 Å². The summed E-state index contributed by atoms with van der Waals surface area (Å²) >= 11 is 0. The van der Waals surface area contributed by atoms with Crippen LogP contribution in [0.15, 0.2) is 0 Å². The average Bonchev–Trinajstić information content (AvgIpc) is 2.35. The van der Waals surface area contributed by atoms with Gasteiger partial charge in [0.2, 0.25) is 0 Å². The molecular formula is C8H17FO2S. The zero-order valence-corrected chi connectivity index (χ0v) is 8.53. The largest absolute Gasteiger partial charge is 0.255 e. The first-order valence-corrected chi connectivity index (χ1v) is 6.04. The van der Waals surface area contributed by atoms with Crippen molar-refractivity contribution in [2.45, 2.75) is 26.2 Å². The monoisotopic (exact) mass is 196 g/mol. The molecule has 1 rings (SSSR count). The van der Waals surface area contributed by atoms with Gasteiger partial charge in [-0.3, -0.25) is 4.39 Å². The lowest BCUT2D eigenvalue weighted by Crippen LogP contribution is -2.04. The fourth-order valence-electron chi connectivity index (χ4n) is 1.51. The highest BCUT2D eigenvalue weighted by Gasteiger charge is 2.26. The molecule has 1 aliphatic heterocycles. The second-order valence-corrected chi connectivity index (χ2v) is 5.29. The lowest BCUT2D eigenvalue weighted by molar-refractivity contribution is 0.534. The van der Waals surface area contributed by atoms with E-state index in [4.69, 9.17) is 0 Å². The predicted molar refractivity (Wildman–Crippen MR) is 48.7 cm³/mol. The molecule has 0 saturated carbocycles. The molecule has 1 aliphatic rings. The van der Waals surface area contributed by atoms with E-state index in [1.165, 1.54) is 0 Å². The van der Waals surface area contributed by atoms with Crippen LogP contribution in [0.1, 0.15) is 26.2 Å². The Hall–Kier alpha value is -0.120. The van der Waals surface area contributed by atoms with Gasteiger partial charge in [-0.2, -0.15) is 0 Å². The van der Waals surface area contributed by atoms with Crippen molar-refractivity contribution in [3.63, 3.8) is 0 Å². The van der Waals surface area contributed by atoms with Gasteiger partial charge in [-0.25, -0.2) is 8.42 Å². The van der Waals surface area contributed by atoms with Crippen LogP contribution in [0, 0.1) is 5.92 Å². The SMILES string of the molecule is CCCC1CCS(=O)(=O)C1.CF. The summed E-state index contributed by atoms with van der Waals surface area (Å²) in [4.78, 5) is 0. The van der Waals surface area contributed by atoms with Gasteiger partial charge in [0.25, 0.3) is 0 Å². The molecule has 2 nitrogen and oxygen atoms in total. The summed E-state index contributed by atoms with van der Waals surface area (Å²) in [5.41, 5.74) is 0. The maximum absolute atomic E-state index is 10.9. The summed E-state index contributed by atoms with van der Waals surface area (Å²) in [6, 6.07) is 0. The Bertz CT molecular complexity index is 199. The third kappa shape index (κ3) is 4.04. The number of hydrogen-bond donors (Lipinski definition) is 0. The van der Waals surface area contributed by atoms with E-state index in [0.717, 1.165) is 19.3 Å². The summed E-state index contributed by atoms with van der Waals surface area (Å²) in [6.45, 7) is 2.10. The predicted octanol–water partition coefficient (Wildman–Crippen LogP) is 1.81. The second kappa shape index (κ2) is 5.51. The van der Waals surface area contributed by atoms with Crippen molar-refractivity contribution in [1.29, 1.82) is 0 Å². The third-order valence-corrected chi connectivity index (χ3v) is 3.86. The minimum Gasteiger partial charge on any atom is -0.255 e. The van der Waals surface area contributed by atoms with E-state index in [9.17, 15) is 12.8 Å². The zero-order valence-electron chi connectivity index (χ0n) is 7.72. The van der Waals surface area contributed by atoms with Gasteiger partial charge in [-0.1, -0.05) is 13.3 Å². The first-order valence-electron chi connectivity index (χ1n) is 4.22. The van der Waals surface area contributed by atoms with E-state index in [1.54, 1.807) is 0 Å². The van der Waals surface area contributed by atoms with Crippen molar-refractivity contribution in [3.8, 4) is 0 Å². The molecule has 0 aromatic heterocycles. The van der Waals surface area contributed by atoms with Gasteiger partial charge in [0, 0.05) is 0 Å². The molecule has 1 atom stereocenters. The number of alkyl halides is 1. The van der Waals surface area contributed by atoms with Crippen molar-refractivity contribution in [3.05, 3.63) is 0 Å². The quantitative estimate of drug-likeness (QED) is 0.675. The molecule has 0 N–H and O–H groups in total. The van der Waals surface area contributed by atoms with Crippen molar-refractivity contribution in [1.82, 2.24) is 0 Å². The van der Waals surface area contributed by atoms with Gasteiger partial charge >= 0.3 is 0 Å². The van der Waals surface area contributed by atoms with Crippen molar-refractivity contribution < 1.29 is 12.8 Å². The van der Waals surface area contributed by atoms with E-state index in [2.05, 4.69) is 6.92 Å². The lowest BCUT2D eigenvalue weighted by atomic mass is 10.0. The molecule has 0 aromatic carbocycles. The van der Waals surface area contributed by atoms with Gasteiger partial charge in [0.15, 0.2) is 9.84 Å². The summed E-state index contributed by atoms with van der Waals surface area (Å²) in [6.07, 6.45) is 3.09. The number of sulfone groups is 1. The van der Waals surface area contributed by atoms with Crippen LogP contribution in [-0.2, 0) is 9.84 Å². The van der Waals surface area contributed by atoms with Crippen LogP contribution < -0.4 is 0 Å². The number of halogens is 1. The lowest BCUT2D eigenvalue weighted by Gasteiger charge is -2.01. The molecule has 12 heavy (non-hydrogen) atoms. The highest BCUT2D eigenvalue weighted by molar-refractivity contribution is 7.91. The van der Waals surface area contributed by atoms with Gasteiger partial charge in [0.1, 0.15) is 0 Å². The highest BCUT2D eigenvalue weighted by Crippen LogP contribution is 2.22. The first-order chi connectivity index (χ1) is 5.64. The second-order valence-electron chi connectivity index (χ2n) is 3.06. The standard InChI is InChI=1S/C7H14O2S.CH3F/c1-2-3-7-4-5-10(8,9)6-7;1-2/h7H,2-6H2,1H3;1H3. The summed E-state index contributed by atoms with van der Waals surface area (Å²) in [5.74, 6) is 1.34. The molecule has 74 valence electrons. The molecule has 0 radical (unpaired) electrons. The van der Waals surface area contributed by atoms with E-state index in [0.29, 0.717) is 24.6 Å². The Kier molecular flexibility index (Phi) is 5.46. The maximum atomic E-state index is 10.9. The molecule has 0 spiro atoms. The van der Waals surface area contributed by atoms with Crippen LogP contribution in [0.3, 0.4) is 0 Å². The molecule has 1 heterocycles. The van der Waals surface area contributed by atoms with Crippen molar-refractivity contribution in [2.75, 3.05) is 18.7 Å². The molecule has 0 aromatic rings. The Labute approximate surface area is 74.1 Å². The third-order valence-electron chi connectivity index (χ3n) is 2.02. The highest BCUT2D eigenvalue weighted by atomic mass is 32.2. The summed E-state index contributed by atoms with van der Waals surface area (Å²) in [7, 11) is -2.12. The Morgan fingerprint density at radius 3 is 2.33 bits per heavy atom. The number of hydrogen-bond acceptors (Lipinski definition) is 2. The van der Waals surface area contributed by atoms with Crippen molar-refractivity contribution >= 4 is 9.84 Å². The van der Waals surface area contributed by atoms with Gasteiger partial charge in [0.05, 0.1) is 18.7 Å². The normalized spacial score (nSPS) is 26.1. The van der Waals surface area contributed by atoms with E-state index in [1.807, 2.05) is 0 Å². The molecule has 0 aliphatic carbocycles. The van der Waals surface area contributed by atoms with Gasteiger partial charge in [-0.05, 0) is 18.8 Å². The smallest absolute Gasteiger partial charge is 0.150 e. The van der Waals surface area contributed by atoms with E-state index < -0.39 is 9.84 Å². The van der Waals surface area contributed by atoms with Crippen LogP contribution in [0.25, 0.3) is 0 Å². The molecule has 4 heteroatoms. The average molecular weight is 196 g/mol. The van der Waals surface area contributed by atoms with Gasteiger partial charge in [-0.15, -0.1) is 0 Å². The molecule has 1 unspecified atom stereocenters. The minimum absolute atomic E-state index is 0.428. The van der Waals surface area contributed by atoms with Crippen LogP contribution in [0.2, 0.25) is 0 Å². The van der Waals surface area contributed by atoms with Crippen LogP contribution in [0.5, 0.6) is 0 Å². The van der Waals surface area contributed by atoms with Crippen LogP contribution in [0.4, 0.5) is 4.39 Å². The fraction of sp³-hybridized carbons (Fsp3) is 1.00. The molecule has 0 amide bonds. The topological polar surface area (TPSA) is 34.1 Å². The Balaban J connectivity index is 0.000000561. The Morgan fingerprint density at radius 1 is 1.42 bits per heavy atom. The first kappa shape index (κ1) is 11.9. The minimum atomic E-state index is -2.62. The Morgan fingerprint density at radius 2 is 2.00 bits per heavy atom. The molecular weight excluding hydrogens is 179 g/mol. The van der Waals surface area contributed by atoms with E-state index >= 15 is 0 Å². The summed E-state index contributed by atoms with van der Waals surface area (Å²) < 4.78 is 31.3. The van der Waals surface area contributed by atoms with Crippen LogP contribution in [-0.4, -0.2) is 27.1 Å². The van der Waals surface area contributed by atoms with Crippen molar-refractivity contribution in [2.24, 2.45) is 5.92 Å². The number of rotatable bonds is 2. The van der Waals surface area contributed by atoms with E-state index in [-0.39, 0.29) is 0 Å². The summed E-state index contributed by atoms with van der Waals surface area (Å²) in [5, 5.41) is 0. The molecule has 1 saturated heterocycles. The zero-order chi connectivity index (χ0) is 9.61. The fourth-order valence-corrected chi connectivity index (χ4v) is 3.42.